The Balaban J connectivity index is 1.69. The van der Waals surface area contributed by atoms with Crippen LogP contribution in [-0.4, -0.2) is 55.9 Å². The molecule has 2 atom stereocenters. The molecule has 1 fully saturated rings. The van der Waals surface area contributed by atoms with Gasteiger partial charge < -0.3 is 16.2 Å². The summed E-state index contributed by atoms with van der Waals surface area (Å²) in [5.74, 6) is -1.22. The molecule has 2 amide bonds. The van der Waals surface area contributed by atoms with E-state index in [1.54, 1.807) is 0 Å². The molecule has 138 valence electrons. The van der Waals surface area contributed by atoms with Gasteiger partial charge in [-0.25, -0.2) is 4.79 Å². The minimum atomic E-state index is -1.19. The van der Waals surface area contributed by atoms with E-state index in [1.165, 1.54) is 28.0 Å². The van der Waals surface area contributed by atoms with Gasteiger partial charge in [-0.2, -0.15) is 0 Å². The summed E-state index contributed by atoms with van der Waals surface area (Å²) in [6.45, 7) is 0. The summed E-state index contributed by atoms with van der Waals surface area (Å²) < 4.78 is 0. The Bertz CT molecular complexity index is 793. The van der Waals surface area contributed by atoms with Crippen molar-refractivity contribution in [3.63, 3.8) is 0 Å². The topological polar surface area (TPSA) is 137 Å². The molecule has 0 aromatic carbocycles. The minimum absolute atomic E-state index is 0.0590. The molecule has 11 heteroatoms. The Morgan fingerprint density at radius 3 is 2.88 bits per heavy atom. The van der Waals surface area contributed by atoms with Gasteiger partial charge in [0.1, 0.15) is 17.1 Å². The predicted molar refractivity (Wildman–Crippen MR) is 102 cm³/mol. The number of hydrogen-bond acceptors (Lipinski definition) is 7. The number of amidine groups is 1. The zero-order valence-electron chi connectivity index (χ0n) is 13.4. The van der Waals surface area contributed by atoms with Gasteiger partial charge in [0.15, 0.2) is 5.17 Å². The molecule has 1 unspecified atom stereocenters. The fourth-order valence-electron chi connectivity index (χ4n) is 2.76. The molecule has 8 nitrogen and oxygen atoms in total. The summed E-state index contributed by atoms with van der Waals surface area (Å²) in [5.41, 5.74) is 5.80. The maximum atomic E-state index is 12.5. The number of nitrogens with zero attached hydrogens (tertiary/aromatic N) is 1. The van der Waals surface area contributed by atoms with Crippen molar-refractivity contribution in [2.24, 2.45) is 5.73 Å². The number of carbonyl (C=O) groups is 3. The Morgan fingerprint density at radius 2 is 2.27 bits per heavy atom. The number of thiophene rings is 1. The molecule has 1 saturated heterocycles. The third-order valence-corrected chi connectivity index (χ3v) is 6.90. The largest absolute Gasteiger partial charge is 0.477 e. The molecule has 3 heterocycles. The molecular formula is C15H16N4O4S3. The first-order chi connectivity index (χ1) is 12.4. The van der Waals surface area contributed by atoms with Crippen molar-refractivity contribution in [2.75, 3.05) is 11.5 Å². The van der Waals surface area contributed by atoms with Crippen molar-refractivity contribution < 1.29 is 19.5 Å². The van der Waals surface area contributed by atoms with Gasteiger partial charge in [-0.3, -0.25) is 19.9 Å². The maximum absolute atomic E-state index is 12.5. The van der Waals surface area contributed by atoms with Crippen LogP contribution in [0.25, 0.3) is 0 Å². The predicted octanol–water partition coefficient (Wildman–Crippen LogP) is 0.656. The monoisotopic (exact) mass is 412 g/mol. The van der Waals surface area contributed by atoms with Crippen molar-refractivity contribution in [2.45, 2.75) is 17.8 Å². The fraction of sp³-hybridized carbons (Fsp3) is 0.333. The van der Waals surface area contributed by atoms with Gasteiger partial charge in [0, 0.05) is 16.4 Å². The molecule has 1 aromatic heterocycles. The number of nitrogens with two attached hydrogens (primary N) is 1. The van der Waals surface area contributed by atoms with Crippen molar-refractivity contribution in [3.05, 3.63) is 33.7 Å². The Hall–Kier alpha value is -1.98. The van der Waals surface area contributed by atoms with E-state index >= 15 is 0 Å². The van der Waals surface area contributed by atoms with Crippen LogP contribution in [0.15, 0.2) is 28.8 Å². The number of rotatable bonds is 6. The van der Waals surface area contributed by atoms with Crippen molar-refractivity contribution in [3.8, 4) is 0 Å². The van der Waals surface area contributed by atoms with E-state index in [-0.39, 0.29) is 28.9 Å². The molecular weight excluding hydrogens is 396 g/mol. The lowest BCUT2D eigenvalue weighted by Crippen LogP contribution is -2.70. The number of hydrogen-bond donors (Lipinski definition) is 4. The van der Waals surface area contributed by atoms with E-state index in [1.807, 2.05) is 17.5 Å². The Labute approximate surface area is 161 Å². The summed E-state index contributed by atoms with van der Waals surface area (Å²) >= 11 is 3.89. The quantitative estimate of drug-likeness (QED) is 0.306. The van der Waals surface area contributed by atoms with E-state index in [4.69, 9.17) is 11.1 Å². The lowest BCUT2D eigenvalue weighted by atomic mass is 10.0. The average Bonchev–Trinajstić information content (AvgIpc) is 3.09. The highest BCUT2D eigenvalue weighted by molar-refractivity contribution is 8.13. The molecule has 0 aliphatic carbocycles. The van der Waals surface area contributed by atoms with Gasteiger partial charge in [-0.15, -0.1) is 23.1 Å². The van der Waals surface area contributed by atoms with E-state index in [0.29, 0.717) is 11.3 Å². The standard InChI is InChI=1S/C15H16N4O4S3/c16-15(17)26-6-7-5-25-13-10(12(21)19(13)11(7)14(22)23)18-9(20)4-8-2-1-3-24-8/h1-3,10,13H,4-6H2,(H3,16,17)(H,18,20)(H,22,23)/t10?,13-/m0/s1. The van der Waals surface area contributed by atoms with Gasteiger partial charge in [0.05, 0.1) is 6.42 Å². The summed E-state index contributed by atoms with van der Waals surface area (Å²) in [6.07, 6.45) is 0.195. The number of carboxylic acid groups (broad SMARTS) is 1. The Kier molecular flexibility index (Phi) is 5.58. The number of carboxylic acids is 1. The van der Waals surface area contributed by atoms with Crippen molar-refractivity contribution in [1.29, 1.82) is 5.41 Å². The molecule has 0 saturated carbocycles. The van der Waals surface area contributed by atoms with Crippen LogP contribution in [0.4, 0.5) is 0 Å². The summed E-state index contributed by atoms with van der Waals surface area (Å²) in [6, 6.07) is 2.98. The summed E-state index contributed by atoms with van der Waals surface area (Å²) in [5, 5.41) is 20.8. The zero-order valence-corrected chi connectivity index (χ0v) is 15.9. The first-order valence-corrected chi connectivity index (χ1v) is 10.5. The number of aliphatic carboxylic acids is 1. The van der Waals surface area contributed by atoms with E-state index in [2.05, 4.69) is 5.32 Å². The normalized spacial score (nSPS) is 21.8. The number of fused-ring (bicyclic) bond motifs is 1. The molecule has 0 radical (unpaired) electrons. The van der Waals surface area contributed by atoms with Crippen LogP contribution < -0.4 is 11.1 Å². The van der Waals surface area contributed by atoms with Crippen LogP contribution in [0.5, 0.6) is 0 Å². The highest BCUT2D eigenvalue weighted by atomic mass is 32.2. The minimum Gasteiger partial charge on any atom is -0.477 e. The molecule has 1 aromatic rings. The second-order valence-electron chi connectivity index (χ2n) is 5.62. The average molecular weight is 413 g/mol. The first kappa shape index (κ1) is 18.8. The lowest BCUT2D eigenvalue weighted by Gasteiger charge is -2.49. The van der Waals surface area contributed by atoms with Gasteiger partial charge >= 0.3 is 5.97 Å². The third-order valence-electron chi connectivity index (χ3n) is 3.88. The highest BCUT2D eigenvalue weighted by Gasteiger charge is 2.54. The van der Waals surface area contributed by atoms with Crippen LogP contribution in [0.1, 0.15) is 4.88 Å². The van der Waals surface area contributed by atoms with E-state index in [9.17, 15) is 19.5 Å². The molecule has 3 rings (SSSR count). The molecule has 2 aliphatic heterocycles. The van der Waals surface area contributed by atoms with Crippen LogP contribution >= 0.6 is 34.9 Å². The van der Waals surface area contributed by atoms with Gasteiger partial charge in [0.2, 0.25) is 5.91 Å². The highest BCUT2D eigenvalue weighted by Crippen LogP contribution is 2.41. The zero-order chi connectivity index (χ0) is 18.8. The number of nitrogens with one attached hydrogen (secondary N) is 2. The van der Waals surface area contributed by atoms with Crippen molar-refractivity contribution in [1.82, 2.24) is 10.2 Å². The molecule has 5 N–H and O–H groups in total. The molecule has 26 heavy (non-hydrogen) atoms. The number of thioether (sulfide) groups is 2. The second kappa shape index (κ2) is 7.72. The van der Waals surface area contributed by atoms with Gasteiger partial charge in [-0.1, -0.05) is 17.8 Å². The molecule has 0 spiro atoms. The van der Waals surface area contributed by atoms with E-state index < -0.39 is 23.3 Å². The Morgan fingerprint density at radius 1 is 1.50 bits per heavy atom. The van der Waals surface area contributed by atoms with Gasteiger partial charge in [-0.05, 0) is 17.0 Å². The third kappa shape index (κ3) is 3.74. The summed E-state index contributed by atoms with van der Waals surface area (Å²) in [4.78, 5) is 38.4. The van der Waals surface area contributed by atoms with Crippen molar-refractivity contribution >= 4 is 57.8 Å². The van der Waals surface area contributed by atoms with Crippen LogP contribution in [0.3, 0.4) is 0 Å². The maximum Gasteiger partial charge on any atom is 0.352 e. The SMILES string of the molecule is N=C(N)SCC1=C(C(=O)O)N2C(=O)C(NC(=O)Cc3cccs3)[C@@H]2SC1. The second-order valence-corrected chi connectivity index (χ2v) is 8.78. The number of β-lactam (4-membered cyclic amide) rings is 1. The van der Waals surface area contributed by atoms with Crippen LogP contribution in [0.2, 0.25) is 0 Å². The van der Waals surface area contributed by atoms with Gasteiger partial charge in [0.25, 0.3) is 5.91 Å². The van der Waals surface area contributed by atoms with Crippen LogP contribution in [0, 0.1) is 5.41 Å². The van der Waals surface area contributed by atoms with E-state index in [0.717, 1.165) is 16.6 Å². The lowest BCUT2D eigenvalue weighted by molar-refractivity contribution is -0.150. The number of amides is 2. The summed E-state index contributed by atoms with van der Waals surface area (Å²) in [7, 11) is 0. The van der Waals surface area contributed by atoms with Crippen LogP contribution in [-0.2, 0) is 20.8 Å². The fourth-order valence-corrected chi connectivity index (χ4v) is 5.50. The molecule has 0 bridgehead atoms. The smallest absolute Gasteiger partial charge is 0.352 e. The molecule has 2 aliphatic rings. The number of carbonyl (C=O) groups excluding carboxylic acids is 2. The first-order valence-electron chi connectivity index (χ1n) is 7.57.